The minimum absolute atomic E-state index is 0.109. The molecule has 17 heavy (non-hydrogen) atoms. The van der Waals surface area contributed by atoms with E-state index in [1.54, 1.807) is 19.4 Å². The Kier molecular flexibility index (Phi) is 3.53. The van der Waals surface area contributed by atoms with Crippen LogP contribution in [0.2, 0.25) is 0 Å². The first-order valence-electron chi connectivity index (χ1n) is 5.57. The SMILES string of the molecule is CNC(=O)C1CN(c2ncc(C)cn2)CCO1. The molecule has 0 radical (unpaired) electrons. The van der Waals surface area contributed by atoms with Gasteiger partial charge in [-0.15, -0.1) is 0 Å². The maximum Gasteiger partial charge on any atom is 0.250 e. The standard InChI is InChI=1S/C11H16N4O2/c1-8-5-13-11(14-6-8)15-3-4-17-9(7-15)10(16)12-2/h5-6,9H,3-4,7H2,1-2H3,(H,12,16). The highest BCUT2D eigenvalue weighted by atomic mass is 16.5. The molecule has 1 unspecified atom stereocenters. The Balaban J connectivity index is 2.06. The number of amides is 1. The summed E-state index contributed by atoms with van der Waals surface area (Å²) in [5.74, 6) is 0.537. The minimum atomic E-state index is -0.446. The molecule has 1 N–H and O–H groups in total. The van der Waals surface area contributed by atoms with Gasteiger partial charge in [0.25, 0.3) is 5.91 Å². The molecule has 0 bridgehead atoms. The second kappa shape index (κ2) is 5.09. The van der Waals surface area contributed by atoms with Gasteiger partial charge in [0, 0.05) is 26.0 Å². The maximum absolute atomic E-state index is 11.5. The van der Waals surface area contributed by atoms with Crippen LogP contribution < -0.4 is 10.2 Å². The van der Waals surface area contributed by atoms with E-state index in [1.807, 2.05) is 11.8 Å². The topological polar surface area (TPSA) is 67.4 Å². The van der Waals surface area contributed by atoms with Gasteiger partial charge in [-0.25, -0.2) is 9.97 Å². The van der Waals surface area contributed by atoms with Crippen molar-refractivity contribution in [3.63, 3.8) is 0 Å². The number of anilines is 1. The Morgan fingerprint density at radius 2 is 2.24 bits per heavy atom. The van der Waals surface area contributed by atoms with E-state index < -0.39 is 6.10 Å². The number of morpholine rings is 1. The van der Waals surface area contributed by atoms with Gasteiger partial charge >= 0.3 is 0 Å². The second-order valence-corrected chi connectivity index (χ2v) is 3.98. The molecule has 1 aromatic rings. The number of aromatic nitrogens is 2. The molecule has 1 amide bonds. The van der Waals surface area contributed by atoms with Gasteiger partial charge in [0.1, 0.15) is 0 Å². The van der Waals surface area contributed by atoms with Gasteiger partial charge in [-0.05, 0) is 12.5 Å². The number of nitrogens with one attached hydrogen (secondary N) is 1. The summed E-state index contributed by atoms with van der Waals surface area (Å²) in [6.07, 6.45) is 3.10. The predicted molar refractivity (Wildman–Crippen MR) is 62.8 cm³/mol. The molecule has 1 aliphatic rings. The van der Waals surface area contributed by atoms with Crippen molar-refractivity contribution in [1.82, 2.24) is 15.3 Å². The molecule has 2 rings (SSSR count). The molecule has 1 aliphatic heterocycles. The first-order chi connectivity index (χ1) is 8.20. The Morgan fingerprint density at radius 1 is 1.53 bits per heavy atom. The molecular formula is C11H16N4O2. The highest BCUT2D eigenvalue weighted by Crippen LogP contribution is 2.12. The van der Waals surface area contributed by atoms with Crippen LogP contribution in [0, 0.1) is 6.92 Å². The van der Waals surface area contributed by atoms with Crippen molar-refractivity contribution in [2.75, 3.05) is 31.6 Å². The maximum atomic E-state index is 11.5. The first-order valence-corrected chi connectivity index (χ1v) is 5.57. The van der Waals surface area contributed by atoms with Crippen molar-refractivity contribution >= 4 is 11.9 Å². The zero-order chi connectivity index (χ0) is 12.3. The van der Waals surface area contributed by atoms with E-state index >= 15 is 0 Å². The van der Waals surface area contributed by atoms with Crippen LogP contribution in [-0.2, 0) is 9.53 Å². The molecule has 0 spiro atoms. The van der Waals surface area contributed by atoms with Crippen LogP contribution in [0.1, 0.15) is 5.56 Å². The predicted octanol–water partition coefficient (Wildman–Crippen LogP) is -0.264. The molecule has 1 aromatic heterocycles. The van der Waals surface area contributed by atoms with Gasteiger partial charge in [0.2, 0.25) is 5.95 Å². The van der Waals surface area contributed by atoms with Gasteiger partial charge in [-0.2, -0.15) is 0 Å². The van der Waals surface area contributed by atoms with E-state index in [0.717, 1.165) is 5.56 Å². The number of hydrogen-bond donors (Lipinski definition) is 1. The summed E-state index contributed by atoms with van der Waals surface area (Å²) in [6.45, 7) is 3.64. The Labute approximate surface area is 100 Å². The molecule has 6 heteroatoms. The molecule has 92 valence electrons. The minimum Gasteiger partial charge on any atom is -0.365 e. The number of ether oxygens (including phenoxy) is 1. The molecule has 6 nitrogen and oxygen atoms in total. The van der Waals surface area contributed by atoms with E-state index in [0.29, 0.717) is 25.6 Å². The normalized spacial score (nSPS) is 20.1. The van der Waals surface area contributed by atoms with Crippen molar-refractivity contribution in [3.05, 3.63) is 18.0 Å². The molecule has 0 aliphatic carbocycles. The third kappa shape index (κ3) is 2.71. The number of carbonyl (C=O) groups excluding carboxylic acids is 1. The van der Waals surface area contributed by atoms with Crippen molar-refractivity contribution in [1.29, 1.82) is 0 Å². The number of likely N-dealkylation sites (N-methyl/N-ethyl adjacent to an activating group) is 1. The average molecular weight is 236 g/mol. The summed E-state index contributed by atoms with van der Waals surface area (Å²) in [6, 6.07) is 0. The fourth-order valence-electron chi connectivity index (χ4n) is 1.70. The summed E-state index contributed by atoms with van der Waals surface area (Å²) in [5, 5.41) is 2.58. The van der Waals surface area contributed by atoms with Crippen LogP contribution in [0.3, 0.4) is 0 Å². The Morgan fingerprint density at radius 3 is 2.88 bits per heavy atom. The summed E-state index contributed by atoms with van der Waals surface area (Å²) >= 11 is 0. The molecule has 1 atom stereocenters. The lowest BCUT2D eigenvalue weighted by atomic mass is 10.2. The number of carbonyl (C=O) groups is 1. The zero-order valence-electron chi connectivity index (χ0n) is 10.0. The van der Waals surface area contributed by atoms with E-state index in [2.05, 4.69) is 15.3 Å². The van der Waals surface area contributed by atoms with Gasteiger partial charge in [0.15, 0.2) is 6.10 Å². The first kappa shape index (κ1) is 11.8. The molecule has 0 aromatic carbocycles. The van der Waals surface area contributed by atoms with Gasteiger partial charge < -0.3 is 15.0 Å². The van der Waals surface area contributed by atoms with E-state index in [9.17, 15) is 4.79 Å². The van der Waals surface area contributed by atoms with E-state index in [-0.39, 0.29) is 5.91 Å². The number of nitrogens with zero attached hydrogens (tertiary/aromatic N) is 3. The average Bonchev–Trinajstić information content (AvgIpc) is 2.39. The van der Waals surface area contributed by atoms with Gasteiger partial charge in [0.05, 0.1) is 13.2 Å². The zero-order valence-corrected chi connectivity index (χ0v) is 10.0. The van der Waals surface area contributed by atoms with Crippen LogP contribution in [-0.4, -0.2) is 48.7 Å². The summed E-state index contributed by atoms with van der Waals surface area (Å²) in [4.78, 5) is 22.0. The Hall–Kier alpha value is -1.69. The highest BCUT2D eigenvalue weighted by Gasteiger charge is 2.26. The van der Waals surface area contributed by atoms with Crippen molar-refractivity contribution in [2.24, 2.45) is 0 Å². The lowest BCUT2D eigenvalue weighted by Crippen LogP contribution is -2.49. The second-order valence-electron chi connectivity index (χ2n) is 3.98. The molecule has 1 fully saturated rings. The van der Waals surface area contributed by atoms with Gasteiger partial charge in [-0.1, -0.05) is 0 Å². The van der Waals surface area contributed by atoms with Crippen LogP contribution in [0.15, 0.2) is 12.4 Å². The highest BCUT2D eigenvalue weighted by molar-refractivity contribution is 5.81. The lowest BCUT2D eigenvalue weighted by molar-refractivity contribution is -0.132. The lowest BCUT2D eigenvalue weighted by Gasteiger charge is -2.31. The van der Waals surface area contributed by atoms with Crippen molar-refractivity contribution in [3.8, 4) is 0 Å². The number of hydrogen-bond acceptors (Lipinski definition) is 5. The van der Waals surface area contributed by atoms with Gasteiger partial charge in [-0.3, -0.25) is 4.79 Å². The van der Waals surface area contributed by atoms with E-state index in [4.69, 9.17) is 4.74 Å². The van der Waals surface area contributed by atoms with Crippen LogP contribution in [0.25, 0.3) is 0 Å². The number of aryl methyl sites for hydroxylation is 1. The van der Waals surface area contributed by atoms with Crippen molar-refractivity contribution in [2.45, 2.75) is 13.0 Å². The third-order valence-corrected chi connectivity index (χ3v) is 2.66. The molecular weight excluding hydrogens is 220 g/mol. The van der Waals surface area contributed by atoms with Crippen molar-refractivity contribution < 1.29 is 9.53 Å². The molecule has 0 saturated carbocycles. The van der Waals surface area contributed by atoms with Crippen LogP contribution >= 0.6 is 0 Å². The molecule has 2 heterocycles. The number of rotatable bonds is 2. The fourth-order valence-corrected chi connectivity index (χ4v) is 1.70. The molecule has 1 saturated heterocycles. The third-order valence-electron chi connectivity index (χ3n) is 2.66. The Bertz CT molecular complexity index is 393. The summed E-state index contributed by atoms with van der Waals surface area (Å²) in [7, 11) is 1.60. The van der Waals surface area contributed by atoms with Crippen LogP contribution in [0.5, 0.6) is 0 Å². The largest absolute Gasteiger partial charge is 0.365 e. The van der Waals surface area contributed by atoms with Crippen LogP contribution in [0.4, 0.5) is 5.95 Å². The smallest absolute Gasteiger partial charge is 0.250 e. The van der Waals surface area contributed by atoms with E-state index in [1.165, 1.54) is 0 Å². The monoisotopic (exact) mass is 236 g/mol. The summed E-state index contributed by atoms with van der Waals surface area (Å²) < 4.78 is 5.40. The summed E-state index contributed by atoms with van der Waals surface area (Å²) in [5.41, 5.74) is 1.02. The quantitative estimate of drug-likeness (QED) is 0.766. The fraction of sp³-hybridized carbons (Fsp3) is 0.545.